The maximum Gasteiger partial charge on any atom is 0.305 e. The third-order valence-electron chi connectivity index (χ3n) is 3.38. The van der Waals surface area contributed by atoms with Crippen molar-refractivity contribution in [3.8, 4) is 11.3 Å². The van der Waals surface area contributed by atoms with Gasteiger partial charge in [0.05, 0.1) is 11.3 Å². The fourth-order valence-corrected chi connectivity index (χ4v) is 2.32. The van der Waals surface area contributed by atoms with E-state index in [4.69, 9.17) is 16.6 Å². The first-order chi connectivity index (χ1) is 12.5. The van der Waals surface area contributed by atoms with E-state index in [1.807, 2.05) is 0 Å². The van der Waals surface area contributed by atoms with Gasteiger partial charge in [0.15, 0.2) is 10.9 Å². The van der Waals surface area contributed by atoms with Crippen molar-refractivity contribution < 1.29 is 18.0 Å². The Balaban J connectivity index is 1.60. The van der Waals surface area contributed by atoms with E-state index in [0.717, 1.165) is 0 Å². The van der Waals surface area contributed by atoms with E-state index in [2.05, 4.69) is 16.2 Å². The second-order valence-corrected chi connectivity index (χ2v) is 5.57. The topological polar surface area (TPSA) is 66.3 Å². The largest absolute Gasteiger partial charge is 0.451 e. The molecular weight excluding hydrogens is 360 g/mol. The Kier molecular flexibility index (Phi) is 5.23. The Labute approximate surface area is 153 Å². The van der Waals surface area contributed by atoms with Crippen LogP contribution in [0.3, 0.4) is 0 Å². The average molecular weight is 373 g/mol. The Hall–Kier alpha value is -3.26. The van der Waals surface area contributed by atoms with Crippen LogP contribution >= 0.6 is 12.2 Å². The Morgan fingerprint density at radius 1 is 0.885 bits per heavy atom. The highest BCUT2D eigenvalue weighted by Crippen LogP contribution is 2.24. The van der Waals surface area contributed by atoms with Crippen LogP contribution < -0.4 is 16.2 Å². The number of hydrogen-bond donors (Lipinski definition) is 3. The van der Waals surface area contributed by atoms with Crippen LogP contribution in [0.15, 0.2) is 65.1 Å². The summed E-state index contributed by atoms with van der Waals surface area (Å²) in [6, 6.07) is 14.9. The minimum atomic E-state index is -0.620. The molecule has 0 aliphatic heterocycles. The molecule has 132 valence electrons. The molecule has 0 aliphatic carbocycles. The SMILES string of the molecule is O=C(NNC(=S)Nc1ccccc1F)c1ccc(-c2ccccc2F)o1. The Bertz CT molecular complexity index is 959. The van der Waals surface area contributed by atoms with Crippen molar-refractivity contribution in [2.75, 3.05) is 5.32 Å². The van der Waals surface area contributed by atoms with E-state index in [9.17, 15) is 13.6 Å². The number of carbonyl (C=O) groups excluding carboxylic acids is 1. The molecule has 0 spiro atoms. The van der Waals surface area contributed by atoms with Crippen molar-refractivity contribution in [3.05, 3.63) is 78.1 Å². The van der Waals surface area contributed by atoms with E-state index < -0.39 is 17.5 Å². The summed E-state index contributed by atoms with van der Waals surface area (Å²) >= 11 is 4.98. The van der Waals surface area contributed by atoms with Gasteiger partial charge in [-0.05, 0) is 48.6 Å². The number of halogens is 2. The molecule has 0 saturated carbocycles. The first kappa shape index (κ1) is 17.6. The highest BCUT2D eigenvalue weighted by molar-refractivity contribution is 7.80. The Morgan fingerprint density at radius 3 is 2.31 bits per heavy atom. The molecule has 0 atom stereocenters. The number of benzene rings is 2. The van der Waals surface area contributed by atoms with Crippen LogP contribution in [0.2, 0.25) is 0 Å². The number of rotatable bonds is 3. The highest BCUT2D eigenvalue weighted by Gasteiger charge is 2.14. The number of hydrogen-bond acceptors (Lipinski definition) is 3. The minimum Gasteiger partial charge on any atom is -0.451 e. The van der Waals surface area contributed by atoms with Crippen LogP contribution in [0, 0.1) is 11.6 Å². The van der Waals surface area contributed by atoms with Crippen LogP contribution in [-0.4, -0.2) is 11.0 Å². The van der Waals surface area contributed by atoms with Gasteiger partial charge in [-0.2, -0.15) is 0 Å². The van der Waals surface area contributed by atoms with Crippen LogP contribution in [0.1, 0.15) is 10.6 Å². The van der Waals surface area contributed by atoms with Crippen molar-refractivity contribution in [2.45, 2.75) is 0 Å². The lowest BCUT2D eigenvalue weighted by Crippen LogP contribution is -2.43. The molecule has 1 amide bonds. The number of para-hydroxylation sites is 1. The van der Waals surface area contributed by atoms with E-state index in [0.29, 0.717) is 0 Å². The molecule has 1 heterocycles. The van der Waals surface area contributed by atoms with Gasteiger partial charge in [0.2, 0.25) is 0 Å². The normalized spacial score (nSPS) is 10.2. The van der Waals surface area contributed by atoms with Crippen molar-refractivity contribution in [2.24, 2.45) is 0 Å². The molecule has 26 heavy (non-hydrogen) atoms. The first-order valence-electron chi connectivity index (χ1n) is 7.51. The molecule has 8 heteroatoms. The van der Waals surface area contributed by atoms with Crippen molar-refractivity contribution in [1.82, 2.24) is 10.9 Å². The number of amides is 1. The van der Waals surface area contributed by atoms with E-state index in [1.54, 1.807) is 30.3 Å². The standard InChI is InChI=1S/C18H13F2N3O2S/c19-12-6-2-1-5-11(12)15-9-10-16(25-15)17(24)22-23-18(26)21-14-8-4-3-7-13(14)20/h1-10H,(H,22,24)(H2,21,23,26). The van der Waals surface area contributed by atoms with Crippen molar-refractivity contribution >= 4 is 28.9 Å². The number of furan rings is 1. The van der Waals surface area contributed by atoms with Gasteiger partial charge in [-0.25, -0.2) is 8.78 Å². The molecule has 0 aliphatic rings. The molecule has 0 bridgehead atoms. The van der Waals surface area contributed by atoms with Gasteiger partial charge in [0.25, 0.3) is 0 Å². The molecule has 0 radical (unpaired) electrons. The summed E-state index contributed by atoms with van der Waals surface area (Å²) in [7, 11) is 0. The van der Waals surface area contributed by atoms with Gasteiger partial charge in [-0.3, -0.25) is 15.6 Å². The number of thiocarbonyl (C=S) groups is 1. The number of carbonyl (C=O) groups is 1. The molecule has 0 unspecified atom stereocenters. The zero-order valence-electron chi connectivity index (χ0n) is 13.3. The lowest BCUT2D eigenvalue weighted by molar-refractivity contribution is 0.0917. The quantitative estimate of drug-likeness (QED) is 0.481. The van der Waals surface area contributed by atoms with Gasteiger partial charge in [-0.15, -0.1) is 0 Å². The van der Waals surface area contributed by atoms with Crippen LogP contribution in [-0.2, 0) is 0 Å². The van der Waals surface area contributed by atoms with Gasteiger partial charge in [0, 0.05) is 0 Å². The summed E-state index contributed by atoms with van der Waals surface area (Å²) in [6.07, 6.45) is 0. The molecule has 5 nitrogen and oxygen atoms in total. The summed E-state index contributed by atoms with van der Waals surface area (Å²) in [5.41, 5.74) is 5.16. The van der Waals surface area contributed by atoms with Crippen LogP contribution in [0.5, 0.6) is 0 Å². The number of hydrazine groups is 1. The number of nitrogens with one attached hydrogen (secondary N) is 3. The average Bonchev–Trinajstić information content (AvgIpc) is 3.12. The van der Waals surface area contributed by atoms with Gasteiger partial charge in [-0.1, -0.05) is 24.3 Å². The fourth-order valence-electron chi connectivity index (χ4n) is 2.16. The smallest absolute Gasteiger partial charge is 0.305 e. The molecule has 0 fully saturated rings. The summed E-state index contributed by atoms with van der Waals surface area (Å²) in [6.45, 7) is 0. The van der Waals surface area contributed by atoms with Crippen molar-refractivity contribution in [3.63, 3.8) is 0 Å². The fraction of sp³-hybridized carbons (Fsp3) is 0. The lowest BCUT2D eigenvalue weighted by Gasteiger charge is -2.11. The monoisotopic (exact) mass is 373 g/mol. The summed E-state index contributed by atoms with van der Waals surface area (Å²) < 4.78 is 32.6. The summed E-state index contributed by atoms with van der Waals surface area (Å²) in [5, 5.41) is 2.60. The molecule has 3 N–H and O–H groups in total. The second kappa shape index (κ2) is 7.75. The zero-order chi connectivity index (χ0) is 18.5. The predicted octanol–water partition coefficient (Wildman–Crippen LogP) is 3.86. The van der Waals surface area contributed by atoms with Crippen molar-refractivity contribution in [1.29, 1.82) is 0 Å². The molecule has 3 aromatic rings. The third kappa shape index (κ3) is 4.04. The second-order valence-electron chi connectivity index (χ2n) is 5.16. The lowest BCUT2D eigenvalue weighted by atomic mass is 10.1. The molecular formula is C18H13F2N3O2S. The third-order valence-corrected chi connectivity index (χ3v) is 3.58. The molecule has 1 aromatic heterocycles. The Morgan fingerprint density at radius 2 is 1.58 bits per heavy atom. The maximum atomic E-state index is 13.8. The highest BCUT2D eigenvalue weighted by atomic mass is 32.1. The molecule has 3 rings (SSSR count). The van der Waals surface area contributed by atoms with Gasteiger partial charge < -0.3 is 9.73 Å². The number of anilines is 1. The van der Waals surface area contributed by atoms with E-state index >= 15 is 0 Å². The van der Waals surface area contributed by atoms with Crippen LogP contribution in [0.4, 0.5) is 14.5 Å². The predicted molar refractivity (Wildman–Crippen MR) is 97.3 cm³/mol. The summed E-state index contributed by atoms with van der Waals surface area (Å²) in [4.78, 5) is 12.1. The zero-order valence-corrected chi connectivity index (χ0v) is 14.1. The van der Waals surface area contributed by atoms with E-state index in [1.165, 1.54) is 30.3 Å². The first-order valence-corrected chi connectivity index (χ1v) is 7.92. The summed E-state index contributed by atoms with van der Waals surface area (Å²) in [5.74, 6) is -1.37. The van der Waals surface area contributed by atoms with Crippen LogP contribution in [0.25, 0.3) is 11.3 Å². The van der Waals surface area contributed by atoms with Gasteiger partial charge in [0.1, 0.15) is 17.4 Å². The maximum absolute atomic E-state index is 13.8. The van der Waals surface area contributed by atoms with E-state index in [-0.39, 0.29) is 27.9 Å². The molecule has 2 aromatic carbocycles. The minimum absolute atomic E-state index is 0.00988. The molecule has 0 saturated heterocycles. The van der Waals surface area contributed by atoms with Gasteiger partial charge >= 0.3 is 5.91 Å².